The first-order valence-electron chi connectivity index (χ1n) is 12.5. The molecule has 0 atom stereocenters. The van der Waals surface area contributed by atoms with Gasteiger partial charge in [0.15, 0.2) is 6.34 Å². The summed E-state index contributed by atoms with van der Waals surface area (Å²) in [6, 6.07) is 7.43. The highest BCUT2D eigenvalue weighted by Gasteiger charge is 2.38. The minimum Gasteiger partial charge on any atom is -0.542 e. The number of carbonyl (C=O) groups excluding carboxylic acids is 3. The van der Waals surface area contributed by atoms with Crippen LogP contribution in [-0.2, 0) is 27.3 Å². The van der Waals surface area contributed by atoms with Gasteiger partial charge in [-0.05, 0) is 43.2 Å². The number of rotatable bonds is 10. The third-order valence-corrected chi connectivity index (χ3v) is 5.22. The van der Waals surface area contributed by atoms with Crippen LogP contribution >= 0.6 is 0 Å². The van der Waals surface area contributed by atoms with Gasteiger partial charge in [-0.25, -0.2) is 9.59 Å². The van der Waals surface area contributed by atoms with E-state index in [0.717, 1.165) is 11.4 Å². The number of amides is 1. The second-order valence-corrected chi connectivity index (χ2v) is 8.27. The molecule has 1 aromatic carbocycles. The Morgan fingerprint density at radius 1 is 1.02 bits per heavy atom. The largest absolute Gasteiger partial charge is 0.542 e. The second kappa shape index (κ2) is 17.2. The van der Waals surface area contributed by atoms with Gasteiger partial charge >= 0.3 is 24.3 Å². The molecule has 248 valence electrons. The standard InChI is InChI=1S/C21H26N6O4.2C2HF3O2/c1-4-15-18(21(29)31-5-2)16(10-22-13-6-8-14(30-3)9-7-13)26-19(15)20(28)23-11-17-24-12-25-27-17;2*3-2(4,5)1(6)7/h6-9,12,22,26H,4-5,10-11H2,1-3H3,(H,23,28)(H,24,25,27);2*(H,6,7). The summed E-state index contributed by atoms with van der Waals surface area (Å²) in [7, 11) is 1.61. The first-order valence-corrected chi connectivity index (χ1v) is 12.5. The second-order valence-electron chi connectivity index (χ2n) is 8.27. The molecule has 0 saturated heterocycles. The number of H-pyrrole nitrogens is 1. The minimum atomic E-state index is -5.19. The fraction of sp³-hybridized carbons (Fsp3) is 0.360. The molecule has 0 radical (unpaired) electrons. The molecule has 0 unspecified atom stereocenters. The van der Waals surface area contributed by atoms with Crippen molar-refractivity contribution >= 4 is 41.7 Å². The van der Waals surface area contributed by atoms with Crippen molar-refractivity contribution < 1.29 is 70.6 Å². The van der Waals surface area contributed by atoms with Crippen molar-refractivity contribution in [2.45, 2.75) is 39.2 Å². The van der Waals surface area contributed by atoms with Crippen LogP contribution in [0.15, 0.2) is 34.4 Å². The molecule has 2 heterocycles. The lowest BCUT2D eigenvalue weighted by Crippen LogP contribution is -2.82. The third kappa shape index (κ3) is 12.6. The highest BCUT2D eigenvalue weighted by atomic mass is 19.4. The number of quaternary nitrogens is 1. The summed E-state index contributed by atoms with van der Waals surface area (Å²) < 4.78 is 73.7. The number of methoxy groups -OCH3 is 1. The van der Waals surface area contributed by atoms with Crippen molar-refractivity contribution in [3.05, 3.63) is 46.8 Å². The first-order chi connectivity index (χ1) is 21.0. The highest BCUT2D eigenvalue weighted by Crippen LogP contribution is 2.23. The normalized spacial score (nSPS) is 12.1. The van der Waals surface area contributed by atoms with Gasteiger partial charge in [0.25, 0.3) is 5.91 Å². The maximum absolute atomic E-state index is 12.8. The summed E-state index contributed by atoms with van der Waals surface area (Å²) >= 11 is 0. The van der Waals surface area contributed by atoms with Gasteiger partial charge in [-0.3, -0.25) is 4.79 Å². The fourth-order valence-corrected chi connectivity index (χ4v) is 3.24. The first kappa shape index (κ1) is 37.9. The van der Waals surface area contributed by atoms with Gasteiger partial charge in [-0.1, -0.05) is 12.0 Å². The van der Waals surface area contributed by atoms with Crippen LogP contribution in [0, 0.1) is 0 Å². The molecule has 0 fully saturated rings. The SMILES string of the molecule is CCOC(=O)c1c(CNc2ccc(OC)cc2)[nH]c(C(=O)NCC2=NC=N[NH2+]2)c1CC.O=C(O)C(F)(F)F.O=C([O-])C(F)(F)F. The quantitative estimate of drug-likeness (QED) is 0.140. The Morgan fingerprint density at radius 3 is 2.02 bits per heavy atom. The number of hydrogen-bond donors (Lipinski definition) is 5. The summed E-state index contributed by atoms with van der Waals surface area (Å²) in [5.41, 5.74) is 4.38. The number of alkyl halides is 6. The number of esters is 1. The van der Waals surface area contributed by atoms with Crippen LogP contribution in [-0.4, -0.2) is 78.7 Å². The van der Waals surface area contributed by atoms with Gasteiger partial charge in [0.2, 0.25) is 5.84 Å². The lowest BCUT2D eigenvalue weighted by atomic mass is 10.1. The van der Waals surface area contributed by atoms with Crippen LogP contribution in [0.3, 0.4) is 0 Å². The summed E-state index contributed by atoms with van der Waals surface area (Å²) in [4.78, 5) is 50.4. The zero-order chi connectivity index (χ0) is 34.4. The number of nitrogens with one attached hydrogen (secondary N) is 3. The Hall–Kier alpha value is -5.14. The molecule has 0 aliphatic carbocycles. The molecular weight excluding hydrogens is 626 g/mol. The number of carboxylic acid groups (broad SMARTS) is 2. The van der Waals surface area contributed by atoms with Crippen molar-refractivity contribution in [3.8, 4) is 5.75 Å². The van der Waals surface area contributed by atoms with E-state index in [-0.39, 0.29) is 19.1 Å². The molecule has 20 heteroatoms. The zero-order valence-corrected chi connectivity index (χ0v) is 23.8. The number of aromatic nitrogens is 1. The minimum absolute atomic E-state index is 0.245. The van der Waals surface area contributed by atoms with Gasteiger partial charge in [0.05, 0.1) is 25.8 Å². The van der Waals surface area contributed by atoms with Gasteiger partial charge < -0.3 is 40.1 Å². The molecule has 14 nitrogen and oxygen atoms in total. The molecule has 0 saturated carbocycles. The molecule has 1 amide bonds. The van der Waals surface area contributed by atoms with Gasteiger partial charge in [0, 0.05) is 11.4 Å². The van der Waals surface area contributed by atoms with Crippen LogP contribution in [0.25, 0.3) is 0 Å². The van der Waals surface area contributed by atoms with Crippen molar-refractivity contribution in [1.82, 2.24) is 10.3 Å². The van der Waals surface area contributed by atoms with E-state index in [0.29, 0.717) is 41.3 Å². The molecule has 3 rings (SSSR count). The number of amidine groups is 1. The van der Waals surface area contributed by atoms with Crippen molar-refractivity contribution in [2.75, 3.05) is 25.6 Å². The van der Waals surface area contributed by atoms with Gasteiger partial charge in [-0.15, -0.1) is 0 Å². The van der Waals surface area contributed by atoms with E-state index in [1.54, 1.807) is 19.5 Å². The molecule has 0 bridgehead atoms. The van der Waals surface area contributed by atoms with Gasteiger partial charge in [0.1, 0.15) is 24.0 Å². The Kier molecular flexibility index (Phi) is 14.5. The van der Waals surface area contributed by atoms with E-state index in [2.05, 4.69) is 25.7 Å². The van der Waals surface area contributed by atoms with E-state index in [1.807, 2.05) is 31.2 Å². The number of aliphatic carboxylic acids is 2. The predicted octanol–water partition coefficient (Wildman–Crippen LogP) is 0.955. The Bertz CT molecular complexity index is 1360. The lowest BCUT2D eigenvalue weighted by Gasteiger charge is -2.09. The molecular formula is C25H28F6N6O8. The molecule has 0 spiro atoms. The van der Waals surface area contributed by atoms with Crippen molar-refractivity contribution in [1.29, 1.82) is 0 Å². The molecule has 1 aliphatic heterocycles. The van der Waals surface area contributed by atoms with Crippen LogP contribution in [0.2, 0.25) is 0 Å². The number of halogens is 6. The summed E-state index contributed by atoms with van der Waals surface area (Å²) in [6.07, 6.45) is -8.36. The smallest absolute Gasteiger partial charge is 0.490 e. The number of aromatic amines is 1. The van der Waals surface area contributed by atoms with E-state index in [1.165, 1.54) is 6.34 Å². The van der Waals surface area contributed by atoms with E-state index < -0.39 is 30.3 Å². The number of hydrogen-bond acceptors (Lipinski definition) is 10. The Morgan fingerprint density at radius 2 is 1.60 bits per heavy atom. The van der Waals surface area contributed by atoms with Crippen LogP contribution in [0.4, 0.5) is 32.0 Å². The summed E-state index contributed by atoms with van der Waals surface area (Å²) in [5, 5.41) is 25.9. The summed E-state index contributed by atoms with van der Waals surface area (Å²) in [5.74, 6) is -5.13. The lowest BCUT2D eigenvalue weighted by molar-refractivity contribution is -0.542. The van der Waals surface area contributed by atoms with Crippen molar-refractivity contribution in [2.24, 2.45) is 10.1 Å². The number of ether oxygens (including phenoxy) is 2. The molecule has 1 aliphatic rings. The number of carboxylic acids is 2. The average molecular weight is 655 g/mol. The van der Waals surface area contributed by atoms with Crippen LogP contribution in [0.1, 0.15) is 46.0 Å². The van der Waals surface area contributed by atoms with Gasteiger partial charge in [-0.2, -0.15) is 36.8 Å². The zero-order valence-electron chi connectivity index (χ0n) is 23.8. The topological polar surface area (TPSA) is 211 Å². The van der Waals surface area contributed by atoms with E-state index >= 15 is 0 Å². The maximum Gasteiger partial charge on any atom is 0.490 e. The molecule has 2 aromatic rings. The molecule has 6 N–H and O–H groups in total. The molecule has 1 aromatic heterocycles. The predicted molar refractivity (Wildman–Crippen MR) is 141 cm³/mol. The number of nitrogens with two attached hydrogens (primary N) is 1. The molecule has 45 heavy (non-hydrogen) atoms. The van der Waals surface area contributed by atoms with Crippen LogP contribution < -0.4 is 25.9 Å². The average Bonchev–Trinajstić information content (AvgIpc) is 3.63. The maximum atomic E-state index is 12.8. The van der Waals surface area contributed by atoms with Crippen molar-refractivity contribution in [3.63, 3.8) is 0 Å². The Labute approximate surface area is 250 Å². The number of anilines is 1. The number of carbonyl (C=O) groups is 4. The van der Waals surface area contributed by atoms with E-state index in [4.69, 9.17) is 29.3 Å². The monoisotopic (exact) mass is 654 g/mol. The number of aliphatic imine (C=N–C) groups is 1. The Balaban J connectivity index is 0.000000601. The fourth-order valence-electron chi connectivity index (χ4n) is 3.24. The van der Waals surface area contributed by atoms with E-state index in [9.17, 15) is 35.9 Å². The number of nitrogens with zero attached hydrogens (tertiary/aromatic N) is 2. The number of benzene rings is 1. The van der Waals surface area contributed by atoms with Crippen LogP contribution in [0.5, 0.6) is 5.75 Å². The third-order valence-electron chi connectivity index (χ3n) is 5.22. The highest BCUT2D eigenvalue weighted by molar-refractivity contribution is 6.02. The summed E-state index contributed by atoms with van der Waals surface area (Å²) in [6.45, 7) is 4.45.